The highest BCUT2D eigenvalue weighted by Crippen LogP contribution is 2.46. The number of nitrogens with zero attached hydrogens (tertiary/aromatic N) is 2. The van der Waals surface area contributed by atoms with Crippen LogP contribution in [0, 0.1) is 5.41 Å². The summed E-state index contributed by atoms with van der Waals surface area (Å²) in [6.07, 6.45) is 1.23. The van der Waals surface area contributed by atoms with Gasteiger partial charge in [-0.25, -0.2) is 0 Å². The first-order valence-corrected chi connectivity index (χ1v) is 7.22. The lowest BCUT2D eigenvalue weighted by atomic mass is 10.1. The van der Waals surface area contributed by atoms with Crippen LogP contribution in [0.15, 0.2) is 29.4 Å². The van der Waals surface area contributed by atoms with Crippen molar-refractivity contribution < 1.29 is 10.0 Å². The number of anilines is 2. The zero-order valence-electron chi connectivity index (χ0n) is 12.5. The fraction of sp³-hybridized carbons (Fsp3) is 0.467. The maximum absolute atomic E-state index is 12.2. The molecule has 0 saturated heterocycles. The normalized spacial score (nSPS) is 16.4. The van der Waals surface area contributed by atoms with Crippen LogP contribution in [0.2, 0.25) is 0 Å². The Hall–Kier alpha value is -2.24. The number of hydrogen-bond donors (Lipinski definition) is 3. The summed E-state index contributed by atoms with van der Waals surface area (Å²) in [5.74, 6) is -0.229. The van der Waals surface area contributed by atoms with Crippen molar-refractivity contribution in [3.8, 4) is 0 Å². The van der Waals surface area contributed by atoms with Gasteiger partial charge in [0.2, 0.25) is 5.91 Å². The van der Waals surface area contributed by atoms with Gasteiger partial charge in [-0.2, -0.15) is 0 Å². The first-order chi connectivity index (χ1) is 10.1. The van der Waals surface area contributed by atoms with E-state index in [1.165, 1.54) is 0 Å². The highest BCUT2D eigenvalue weighted by molar-refractivity contribution is 6.14. The summed E-state index contributed by atoms with van der Waals surface area (Å²) in [5, 5.41) is 14.6. The number of carbonyl (C=O) groups excluding carboxylic acids is 1. The number of rotatable bonds is 6. The zero-order valence-corrected chi connectivity index (χ0v) is 12.5. The molecule has 0 spiro atoms. The molecule has 1 aromatic carbocycles. The van der Waals surface area contributed by atoms with E-state index < -0.39 is 5.41 Å². The molecule has 1 aromatic rings. The van der Waals surface area contributed by atoms with Crippen molar-refractivity contribution >= 4 is 23.1 Å². The number of benzene rings is 1. The van der Waals surface area contributed by atoms with Crippen LogP contribution in [0.1, 0.15) is 26.7 Å². The van der Waals surface area contributed by atoms with E-state index in [0.717, 1.165) is 18.8 Å². The molecule has 6 heteroatoms. The molecule has 1 aliphatic carbocycles. The molecule has 2 rings (SSSR count). The van der Waals surface area contributed by atoms with Crippen molar-refractivity contribution in [3.05, 3.63) is 24.3 Å². The van der Waals surface area contributed by atoms with Crippen molar-refractivity contribution in [1.29, 1.82) is 0 Å². The van der Waals surface area contributed by atoms with E-state index in [2.05, 4.69) is 29.2 Å². The number of hydrogen-bond acceptors (Lipinski definition) is 4. The Balaban J connectivity index is 2.06. The molecule has 0 bridgehead atoms. The quantitative estimate of drug-likeness (QED) is 0.323. The Morgan fingerprint density at radius 3 is 2.33 bits per heavy atom. The maximum Gasteiger partial charge on any atom is 0.238 e. The molecule has 0 aliphatic heterocycles. The van der Waals surface area contributed by atoms with Gasteiger partial charge in [-0.1, -0.05) is 5.16 Å². The van der Waals surface area contributed by atoms with Gasteiger partial charge in [-0.15, -0.1) is 0 Å². The van der Waals surface area contributed by atoms with E-state index in [1.54, 1.807) is 0 Å². The second kappa shape index (κ2) is 6.03. The molecule has 4 N–H and O–H groups in total. The predicted octanol–water partition coefficient (Wildman–Crippen LogP) is 2.00. The van der Waals surface area contributed by atoms with Gasteiger partial charge in [-0.3, -0.25) is 4.79 Å². The topological polar surface area (TPSA) is 91.0 Å². The van der Waals surface area contributed by atoms with Crippen LogP contribution in [0.4, 0.5) is 11.4 Å². The molecule has 0 heterocycles. The lowest BCUT2D eigenvalue weighted by Crippen LogP contribution is -2.36. The Kier molecular flexibility index (Phi) is 4.35. The summed E-state index contributed by atoms with van der Waals surface area (Å²) in [7, 11) is 0. The molecule has 6 nitrogen and oxygen atoms in total. The van der Waals surface area contributed by atoms with E-state index >= 15 is 0 Å². The van der Waals surface area contributed by atoms with Crippen molar-refractivity contribution in [3.63, 3.8) is 0 Å². The van der Waals surface area contributed by atoms with E-state index in [0.29, 0.717) is 18.5 Å². The lowest BCUT2D eigenvalue weighted by Gasteiger charge is -2.21. The second-order valence-electron chi connectivity index (χ2n) is 5.24. The van der Waals surface area contributed by atoms with Gasteiger partial charge in [-0.05, 0) is 51.0 Å². The van der Waals surface area contributed by atoms with Crippen LogP contribution in [0.3, 0.4) is 0 Å². The third-order valence-corrected chi connectivity index (χ3v) is 4.04. The molecule has 1 saturated carbocycles. The predicted molar refractivity (Wildman–Crippen MR) is 83.7 cm³/mol. The molecular weight excluding hydrogens is 268 g/mol. The number of oxime groups is 1. The minimum absolute atomic E-state index is 0.0141. The molecular formula is C15H22N4O2. The molecule has 0 unspecified atom stereocenters. The van der Waals surface area contributed by atoms with Gasteiger partial charge < -0.3 is 21.2 Å². The van der Waals surface area contributed by atoms with Crippen molar-refractivity contribution in [2.24, 2.45) is 16.3 Å². The molecule has 1 amide bonds. The van der Waals surface area contributed by atoms with Crippen LogP contribution in [0.5, 0.6) is 0 Å². The van der Waals surface area contributed by atoms with Crippen LogP contribution >= 0.6 is 0 Å². The summed E-state index contributed by atoms with van der Waals surface area (Å²) in [5.41, 5.74) is 6.61. The average Bonchev–Trinajstić information content (AvgIpc) is 3.31. The number of nitrogens with two attached hydrogens (primary N) is 1. The third kappa shape index (κ3) is 2.94. The largest absolute Gasteiger partial charge is 0.409 e. The Bertz CT molecular complexity index is 531. The smallest absolute Gasteiger partial charge is 0.238 e. The van der Waals surface area contributed by atoms with Gasteiger partial charge in [0.25, 0.3) is 0 Å². The molecule has 0 radical (unpaired) electrons. The summed E-state index contributed by atoms with van der Waals surface area (Å²) in [6, 6.07) is 7.69. The Labute approximate surface area is 124 Å². The SMILES string of the molecule is CCN(CC)c1ccc(NC(=O)C2(/C(N)=N/O)CC2)cc1. The average molecular weight is 290 g/mol. The fourth-order valence-corrected chi connectivity index (χ4v) is 2.42. The minimum Gasteiger partial charge on any atom is -0.409 e. The van der Waals surface area contributed by atoms with Crippen molar-refractivity contribution in [2.45, 2.75) is 26.7 Å². The summed E-state index contributed by atoms with van der Waals surface area (Å²) in [4.78, 5) is 14.5. The van der Waals surface area contributed by atoms with Gasteiger partial charge >= 0.3 is 0 Å². The van der Waals surface area contributed by atoms with Crippen LogP contribution in [0.25, 0.3) is 0 Å². The van der Waals surface area contributed by atoms with Crippen LogP contribution in [-0.4, -0.2) is 30.0 Å². The van der Waals surface area contributed by atoms with Crippen LogP contribution < -0.4 is 16.0 Å². The molecule has 1 fully saturated rings. The maximum atomic E-state index is 12.2. The van der Waals surface area contributed by atoms with Crippen molar-refractivity contribution in [1.82, 2.24) is 0 Å². The number of nitrogens with one attached hydrogen (secondary N) is 1. The second-order valence-corrected chi connectivity index (χ2v) is 5.24. The van der Waals surface area contributed by atoms with E-state index in [1.807, 2.05) is 24.3 Å². The van der Waals surface area contributed by atoms with E-state index in [9.17, 15) is 4.79 Å². The Morgan fingerprint density at radius 2 is 1.90 bits per heavy atom. The third-order valence-electron chi connectivity index (χ3n) is 4.04. The molecule has 0 atom stereocenters. The summed E-state index contributed by atoms with van der Waals surface area (Å²) < 4.78 is 0. The van der Waals surface area contributed by atoms with Gasteiger partial charge in [0.1, 0.15) is 5.41 Å². The fourth-order valence-electron chi connectivity index (χ4n) is 2.42. The van der Waals surface area contributed by atoms with E-state index in [4.69, 9.17) is 10.9 Å². The monoisotopic (exact) mass is 290 g/mol. The highest BCUT2D eigenvalue weighted by Gasteiger charge is 2.54. The van der Waals surface area contributed by atoms with E-state index in [-0.39, 0.29) is 11.7 Å². The molecule has 0 aromatic heterocycles. The van der Waals surface area contributed by atoms with Gasteiger partial charge in [0.05, 0.1) is 0 Å². The highest BCUT2D eigenvalue weighted by atomic mass is 16.4. The summed E-state index contributed by atoms with van der Waals surface area (Å²) >= 11 is 0. The number of amidine groups is 1. The first-order valence-electron chi connectivity index (χ1n) is 7.22. The molecule has 1 aliphatic rings. The minimum atomic E-state index is -0.827. The van der Waals surface area contributed by atoms with Crippen molar-refractivity contribution in [2.75, 3.05) is 23.3 Å². The van der Waals surface area contributed by atoms with Gasteiger partial charge in [0, 0.05) is 24.5 Å². The first kappa shape index (κ1) is 15.2. The molecule has 114 valence electrons. The number of carbonyl (C=O) groups is 1. The standard InChI is InChI=1S/C15H22N4O2/c1-3-19(4-2)12-7-5-11(6-8-12)17-14(20)15(9-10-15)13(16)18-21/h5-8,21H,3-4,9-10H2,1-2H3,(H2,16,18)(H,17,20). The number of amides is 1. The molecule has 21 heavy (non-hydrogen) atoms. The Morgan fingerprint density at radius 1 is 1.33 bits per heavy atom. The van der Waals surface area contributed by atoms with Crippen LogP contribution in [-0.2, 0) is 4.79 Å². The lowest BCUT2D eigenvalue weighted by molar-refractivity contribution is -0.119. The van der Waals surface area contributed by atoms with Gasteiger partial charge in [0.15, 0.2) is 5.84 Å². The summed E-state index contributed by atoms with van der Waals surface area (Å²) in [6.45, 7) is 6.09. The zero-order chi connectivity index (χ0) is 15.5.